The van der Waals surface area contributed by atoms with Gasteiger partial charge >= 0.3 is 0 Å². The molecule has 0 aromatic carbocycles. The average Bonchev–Trinajstić information content (AvgIpc) is 2.72. The molecule has 28 heavy (non-hydrogen) atoms. The number of pyridine rings is 2. The van der Waals surface area contributed by atoms with Crippen LogP contribution in [0.1, 0.15) is 47.3 Å². The molecule has 0 aliphatic carbocycles. The van der Waals surface area contributed by atoms with E-state index in [9.17, 15) is 9.59 Å². The highest BCUT2D eigenvalue weighted by molar-refractivity contribution is 5.95. The van der Waals surface area contributed by atoms with Crippen molar-refractivity contribution < 1.29 is 9.59 Å². The topological polar surface area (TPSA) is 66.4 Å². The van der Waals surface area contributed by atoms with E-state index in [4.69, 9.17) is 0 Å². The maximum absolute atomic E-state index is 12.9. The molecule has 6 nitrogen and oxygen atoms in total. The van der Waals surface area contributed by atoms with Gasteiger partial charge < -0.3 is 9.80 Å². The Hall–Kier alpha value is -2.76. The van der Waals surface area contributed by atoms with Crippen molar-refractivity contribution in [3.05, 3.63) is 59.7 Å². The minimum atomic E-state index is 0.0673. The molecular formula is C22H26N4O2. The number of nitrogens with zero attached hydrogens (tertiary/aromatic N) is 4. The lowest BCUT2D eigenvalue weighted by Gasteiger charge is -2.47. The van der Waals surface area contributed by atoms with Crippen LogP contribution in [0.5, 0.6) is 0 Å². The Morgan fingerprint density at radius 1 is 1.14 bits per heavy atom. The predicted octanol–water partition coefficient (Wildman–Crippen LogP) is 2.83. The van der Waals surface area contributed by atoms with Crippen LogP contribution in [0.2, 0.25) is 0 Å². The molecule has 2 aromatic heterocycles. The third-order valence-electron chi connectivity index (χ3n) is 6.21. The molecule has 0 N–H and O–H groups in total. The van der Waals surface area contributed by atoms with E-state index in [2.05, 4.69) is 9.97 Å². The van der Waals surface area contributed by atoms with Gasteiger partial charge in [-0.2, -0.15) is 0 Å². The summed E-state index contributed by atoms with van der Waals surface area (Å²) in [5.74, 6) is 0.276. The number of aromatic nitrogens is 2. The van der Waals surface area contributed by atoms with E-state index >= 15 is 0 Å². The molecule has 2 aliphatic rings. The molecular weight excluding hydrogens is 352 g/mol. The molecule has 0 saturated carbocycles. The first kappa shape index (κ1) is 18.6. The smallest absolute Gasteiger partial charge is 0.255 e. The Kier molecular flexibility index (Phi) is 5.11. The quantitative estimate of drug-likeness (QED) is 0.824. The van der Waals surface area contributed by atoms with Gasteiger partial charge in [0.05, 0.1) is 17.8 Å². The molecule has 1 spiro atoms. The molecule has 2 aliphatic heterocycles. The highest BCUT2D eigenvalue weighted by atomic mass is 16.2. The Labute approximate surface area is 165 Å². The second kappa shape index (κ2) is 7.70. The van der Waals surface area contributed by atoms with Crippen molar-refractivity contribution >= 4 is 11.8 Å². The number of amides is 2. The number of hydrogen-bond donors (Lipinski definition) is 0. The summed E-state index contributed by atoms with van der Waals surface area (Å²) in [5, 5.41) is 0. The van der Waals surface area contributed by atoms with E-state index in [-0.39, 0.29) is 17.2 Å². The van der Waals surface area contributed by atoms with Gasteiger partial charge in [-0.3, -0.25) is 19.6 Å². The molecule has 6 heteroatoms. The Morgan fingerprint density at radius 3 is 2.68 bits per heavy atom. The van der Waals surface area contributed by atoms with Gasteiger partial charge in [-0.25, -0.2) is 0 Å². The summed E-state index contributed by atoms with van der Waals surface area (Å²) >= 11 is 0. The molecule has 0 bridgehead atoms. The lowest BCUT2D eigenvalue weighted by molar-refractivity contribution is -0.139. The third kappa shape index (κ3) is 3.77. The van der Waals surface area contributed by atoms with Gasteiger partial charge in [0, 0.05) is 44.6 Å². The standard InChI is InChI=1S/C22H26N4O2/c1-17-6-11-23-14-19(17)21(28)25-12-8-22(9-13-25)7-5-20(27)26(16-22)15-18-4-2-3-10-24-18/h2-4,6,10-11,14H,5,7-9,12-13,15-16H2,1H3. The maximum Gasteiger partial charge on any atom is 0.255 e. The van der Waals surface area contributed by atoms with Gasteiger partial charge in [0.2, 0.25) is 5.91 Å². The molecule has 2 amide bonds. The van der Waals surface area contributed by atoms with E-state index in [0.717, 1.165) is 50.2 Å². The zero-order valence-corrected chi connectivity index (χ0v) is 16.3. The SMILES string of the molecule is Cc1ccncc1C(=O)N1CCC2(CCC(=O)N(Cc3ccccn3)C2)CC1. The fraction of sp³-hybridized carbons (Fsp3) is 0.455. The van der Waals surface area contributed by atoms with Crippen LogP contribution < -0.4 is 0 Å². The van der Waals surface area contributed by atoms with Crippen molar-refractivity contribution in [2.45, 2.75) is 39.2 Å². The highest BCUT2D eigenvalue weighted by Crippen LogP contribution is 2.40. The second-order valence-corrected chi connectivity index (χ2v) is 8.05. The van der Waals surface area contributed by atoms with Gasteiger partial charge in [-0.05, 0) is 55.4 Å². The number of rotatable bonds is 3. The normalized spacial score (nSPS) is 19.1. The molecule has 0 atom stereocenters. The molecule has 4 rings (SSSR count). The van der Waals surface area contributed by atoms with Crippen LogP contribution >= 0.6 is 0 Å². The van der Waals surface area contributed by atoms with Gasteiger partial charge in [-0.15, -0.1) is 0 Å². The summed E-state index contributed by atoms with van der Waals surface area (Å²) < 4.78 is 0. The lowest BCUT2D eigenvalue weighted by Crippen LogP contribution is -2.52. The Balaban J connectivity index is 1.41. The largest absolute Gasteiger partial charge is 0.339 e. The van der Waals surface area contributed by atoms with Crippen molar-refractivity contribution in [2.24, 2.45) is 5.41 Å². The molecule has 2 aromatic rings. The van der Waals surface area contributed by atoms with Crippen LogP contribution in [0.3, 0.4) is 0 Å². The molecule has 2 fully saturated rings. The number of hydrogen-bond acceptors (Lipinski definition) is 4. The van der Waals surface area contributed by atoms with Gasteiger partial charge in [-0.1, -0.05) is 6.07 Å². The summed E-state index contributed by atoms with van der Waals surface area (Å²) in [4.78, 5) is 37.7. The summed E-state index contributed by atoms with van der Waals surface area (Å²) in [5.41, 5.74) is 2.69. The molecule has 146 valence electrons. The Morgan fingerprint density at radius 2 is 1.96 bits per heavy atom. The van der Waals surface area contributed by atoms with Crippen LogP contribution in [0.15, 0.2) is 42.9 Å². The molecule has 0 radical (unpaired) electrons. The third-order valence-corrected chi connectivity index (χ3v) is 6.21. The first-order chi connectivity index (χ1) is 13.6. The van der Waals surface area contributed by atoms with Crippen LogP contribution in [0, 0.1) is 12.3 Å². The number of carbonyl (C=O) groups excluding carboxylic acids is 2. The van der Waals surface area contributed by atoms with Crippen molar-refractivity contribution in [1.29, 1.82) is 0 Å². The van der Waals surface area contributed by atoms with Crippen molar-refractivity contribution in [3.8, 4) is 0 Å². The summed E-state index contributed by atoms with van der Waals surface area (Å²) in [6, 6.07) is 7.68. The summed E-state index contributed by atoms with van der Waals surface area (Å²) in [6.45, 7) is 4.75. The zero-order valence-electron chi connectivity index (χ0n) is 16.3. The van der Waals surface area contributed by atoms with Crippen molar-refractivity contribution in [1.82, 2.24) is 19.8 Å². The van der Waals surface area contributed by atoms with Crippen molar-refractivity contribution in [2.75, 3.05) is 19.6 Å². The highest BCUT2D eigenvalue weighted by Gasteiger charge is 2.41. The summed E-state index contributed by atoms with van der Waals surface area (Å²) in [7, 11) is 0. The first-order valence-electron chi connectivity index (χ1n) is 9.94. The minimum absolute atomic E-state index is 0.0673. The van der Waals surface area contributed by atoms with Crippen LogP contribution in [0.4, 0.5) is 0 Å². The van der Waals surface area contributed by atoms with Gasteiger partial charge in [0.25, 0.3) is 5.91 Å². The number of piperidine rings is 2. The van der Waals surface area contributed by atoms with E-state index in [1.807, 2.05) is 41.0 Å². The monoisotopic (exact) mass is 378 g/mol. The fourth-order valence-electron chi connectivity index (χ4n) is 4.38. The molecule has 0 unspecified atom stereocenters. The maximum atomic E-state index is 12.9. The van der Waals surface area contributed by atoms with Crippen molar-refractivity contribution in [3.63, 3.8) is 0 Å². The average molecular weight is 378 g/mol. The minimum Gasteiger partial charge on any atom is -0.339 e. The van der Waals surface area contributed by atoms with E-state index in [0.29, 0.717) is 18.5 Å². The van der Waals surface area contributed by atoms with Gasteiger partial charge in [0.1, 0.15) is 0 Å². The Bertz CT molecular complexity index is 860. The molecule has 2 saturated heterocycles. The number of aryl methyl sites for hydroxylation is 1. The van der Waals surface area contributed by atoms with E-state index in [1.165, 1.54) is 0 Å². The van der Waals surface area contributed by atoms with Crippen LogP contribution in [-0.4, -0.2) is 51.2 Å². The zero-order chi connectivity index (χ0) is 19.6. The van der Waals surface area contributed by atoms with Crippen LogP contribution in [-0.2, 0) is 11.3 Å². The van der Waals surface area contributed by atoms with Gasteiger partial charge in [0.15, 0.2) is 0 Å². The lowest BCUT2D eigenvalue weighted by atomic mass is 9.72. The summed E-state index contributed by atoms with van der Waals surface area (Å²) in [6.07, 6.45) is 8.52. The predicted molar refractivity (Wildman–Crippen MR) is 105 cm³/mol. The second-order valence-electron chi connectivity index (χ2n) is 8.05. The van der Waals surface area contributed by atoms with E-state index in [1.54, 1.807) is 18.6 Å². The van der Waals surface area contributed by atoms with Crippen LogP contribution in [0.25, 0.3) is 0 Å². The number of carbonyl (C=O) groups is 2. The number of likely N-dealkylation sites (tertiary alicyclic amines) is 2. The first-order valence-corrected chi connectivity index (χ1v) is 9.94. The van der Waals surface area contributed by atoms with E-state index < -0.39 is 0 Å². The molecule has 4 heterocycles. The fourth-order valence-corrected chi connectivity index (χ4v) is 4.38.